The first-order chi connectivity index (χ1) is 17.3. The van der Waals surface area contributed by atoms with Crippen molar-refractivity contribution in [3.8, 4) is 11.5 Å². The highest BCUT2D eigenvalue weighted by molar-refractivity contribution is 5.77. The molecule has 0 radical (unpaired) electrons. The molecule has 2 atom stereocenters. The number of carboxylic acid groups (broad SMARTS) is 1. The van der Waals surface area contributed by atoms with E-state index in [0.29, 0.717) is 38.5 Å². The van der Waals surface area contributed by atoms with Gasteiger partial charge >= 0.3 is 12.0 Å². The third kappa shape index (κ3) is 7.13. The fourth-order valence-electron chi connectivity index (χ4n) is 4.24. The molecule has 2 amide bonds. The van der Waals surface area contributed by atoms with Crippen LogP contribution in [0.5, 0.6) is 11.5 Å². The third-order valence-electron chi connectivity index (χ3n) is 6.64. The van der Waals surface area contributed by atoms with Crippen molar-refractivity contribution in [2.24, 2.45) is 0 Å². The van der Waals surface area contributed by atoms with Crippen LogP contribution in [0.25, 0.3) is 0 Å². The molecule has 1 fully saturated rings. The number of likely N-dealkylation sites (N-methyl/N-ethyl adjacent to an activating group) is 1. The Morgan fingerprint density at radius 2 is 1.69 bits per heavy atom. The van der Waals surface area contributed by atoms with Crippen molar-refractivity contribution in [3.05, 3.63) is 59.7 Å². The summed E-state index contributed by atoms with van der Waals surface area (Å²) >= 11 is 0. The van der Waals surface area contributed by atoms with Gasteiger partial charge in [-0.25, -0.2) is 9.59 Å². The summed E-state index contributed by atoms with van der Waals surface area (Å²) in [6, 6.07) is 15.3. The van der Waals surface area contributed by atoms with Crippen LogP contribution in [0.2, 0.25) is 0 Å². The second-order valence-electron chi connectivity index (χ2n) is 9.47. The lowest BCUT2D eigenvalue weighted by Gasteiger charge is -2.25. The van der Waals surface area contributed by atoms with Crippen LogP contribution in [0.3, 0.4) is 0 Å². The summed E-state index contributed by atoms with van der Waals surface area (Å²) in [5.41, 5.74) is 0.679. The number of hydrogen-bond donors (Lipinski definition) is 1. The normalized spacial score (nSPS) is 17.2. The van der Waals surface area contributed by atoms with Crippen molar-refractivity contribution in [2.75, 3.05) is 33.9 Å². The SMILES string of the molecule is CCCCOC(C)(Cc1ccc(OCCC2CN(Cc3ccc(OC)cc3)C(=O)N2C)cc1)C(=O)O. The molecule has 1 aliphatic rings. The zero-order valence-corrected chi connectivity index (χ0v) is 21.7. The number of ether oxygens (including phenoxy) is 3. The average Bonchev–Trinajstić information content (AvgIpc) is 3.13. The molecule has 196 valence electrons. The Labute approximate surface area is 213 Å². The number of hydrogen-bond acceptors (Lipinski definition) is 5. The third-order valence-corrected chi connectivity index (χ3v) is 6.64. The molecule has 1 N–H and O–H groups in total. The van der Waals surface area contributed by atoms with Crippen molar-refractivity contribution < 1.29 is 28.9 Å². The number of aliphatic carboxylic acids is 1. The maximum Gasteiger partial charge on any atom is 0.336 e. The van der Waals surface area contributed by atoms with Gasteiger partial charge < -0.3 is 29.1 Å². The molecule has 2 aromatic carbocycles. The van der Waals surface area contributed by atoms with Crippen LogP contribution in [-0.2, 0) is 22.5 Å². The van der Waals surface area contributed by atoms with E-state index in [-0.39, 0.29) is 18.5 Å². The lowest BCUT2D eigenvalue weighted by atomic mass is 9.96. The number of carbonyl (C=O) groups excluding carboxylic acids is 1. The predicted molar refractivity (Wildman–Crippen MR) is 138 cm³/mol. The van der Waals surface area contributed by atoms with Crippen LogP contribution >= 0.6 is 0 Å². The molecule has 8 nitrogen and oxygen atoms in total. The topological polar surface area (TPSA) is 88.5 Å². The van der Waals surface area contributed by atoms with Crippen LogP contribution in [0, 0.1) is 0 Å². The van der Waals surface area contributed by atoms with Crippen molar-refractivity contribution >= 4 is 12.0 Å². The van der Waals surface area contributed by atoms with Crippen LogP contribution in [0.15, 0.2) is 48.5 Å². The minimum absolute atomic E-state index is 0.0165. The molecule has 0 bridgehead atoms. The number of nitrogens with zero attached hydrogens (tertiary/aromatic N) is 2. The zero-order valence-electron chi connectivity index (χ0n) is 21.7. The number of carboxylic acids is 1. The molecule has 2 unspecified atom stereocenters. The van der Waals surface area contributed by atoms with Gasteiger partial charge in [-0.15, -0.1) is 0 Å². The Morgan fingerprint density at radius 3 is 2.31 bits per heavy atom. The Hall–Kier alpha value is -3.26. The van der Waals surface area contributed by atoms with Gasteiger partial charge in [0.2, 0.25) is 0 Å². The van der Waals surface area contributed by atoms with E-state index in [4.69, 9.17) is 14.2 Å². The Kier molecular flexibility index (Phi) is 9.58. The van der Waals surface area contributed by atoms with E-state index < -0.39 is 11.6 Å². The van der Waals surface area contributed by atoms with Gasteiger partial charge in [0.05, 0.1) is 19.8 Å². The Morgan fingerprint density at radius 1 is 1.06 bits per heavy atom. The van der Waals surface area contributed by atoms with E-state index >= 15 is 0 Å². The van der Waals surface area contributed by atoms with E-state index in [0.717, 1.165) is 29.7 Å². The monoisotopic (exact) mass is 498 g/mol. The summed E-state index contributed by atoms with van der Waals surface area (Å²) in [5.74, 6) is 0.544. The Balaban J connectivity index is 1.48. The molecular weight excluding hydrogens is 460 g/mol. The molecule has 1 saturated heterocycles. The number of carbonyl (C=O) groups is 2. The van der Waals surface area contributed by atoms with Gasteiger partial charge in [0.25, 0.3) is 0 Å². The van der Waals surface area contributed by atoms with E-state index in [9.17, 15) is 14.7 Å². The van der Waals surface area contributed by atoms with Crippen LogP contribution < -0.4 is 9.47 Å². The average molecular weight is 499 g/mol. The fourth-order valence-corrected chi connectivity index (χ4v) is 4.24. The van der Waals surface area contributed by atoms with E-state index in [1.165, 1.54) is 0 Å². The molecule has 3 rings (SSSR count). The highest BCUT2D eigenvalue weighted by Crippen LogP contribution is 2.23. The molecule has 0 spiro atoms. The van der Waals surface area contributed by atoms with Crippen molar-refractivity contribution in [3.63, 3.8) is 0 Å². The maximum absolute atomic E-state index is 12.7. The summed E-state index contributed by atoms with van der Waals surface area (Å²) in [6.45, 7) is 5.77. The minimum Gasteiger partial charge on any atom is -0.497 e. The van der Waals surface area contributed by atoms with Crippen molar-refractivity contribution in [1.82, 2.24) is 9.80 Å². The molecule has 2 aromatic rings. The van der Waals surface area contributed by atoms with Crippen LogP contribution in [-0.4, -0.2) is 72.5 Å². The Bertz CT molecular complexity index is 994. The lowest BCUT2D eigenvalue weighted by molar-refractivity contribution is -0.163. The number of unbranched alkanes of at least 4 members (excludes halogenated alkanes) is 1. The zero-order chi connectivity index (χ0) is 26.1. The number of rotatable bonds is 14. The van der Waals surface area contributed by atoms with Gasteiger partial charge in [-0.2, -0.15) is 0 Å². The number of amides is 2. The summed E-state index contributed by atoms with van der Waals surface area (Å²) < 4.78 is 16.8. The summed E-state index contributed by atoms with van der Waals surface area (Å²) in [7, 11) is 3.46. The molecule has 0 aromatic heterocycles. The standard InChI is InChI=1S/C28H38N2O6/c1-5-6-16-36-28(2,26(31)32)18-21-7-13-25(14-8-21)35-17-15-23-20-30(27(33)29(23)3)19-22-9-11-24(34-4)12-10-22/h7-14,23H,5-6,15-20H2,1-4H3,(H,31,32). The van der Waals surface area contributed by atoms with E-state index in [1.54, 1.807) is 18.9 Å². The molecule has 0 aliphatic carbocycles. The largest absolute Gasteiger partial charge is 0.497 e. The summed E-state index contributed by atoms with van der Waals surface area (Å²) in [6.07, 6.45) is 2.78. The molecule has 0 saturated carbocycles. The number of methoxy groups -OCH3 is 1. The first-order valence-corrected chi connectivity index (χ1v) is 12.5. The van der Waals surface area contributed by atoms with Gasteiger partial charge in [-0.3, -0.25) is 0 Å². The molecule has 36 heavy (non-hydrogen) atoms. The number of benzene rings is 2. The van der Waals surface area contributed by atoms with Crippen molar-refractivity contribution in [1.29, 1.82) is 0 Å². The van der Waals surface area contributed by atoms with Gasteiger partial charge in [0.1, 0.15) is 11.5 Å². The van der Waals surface area contributed by atoms with Gasteiger partial charge in [-0.05, 0) is 48.7 Å². The smallest absolute Gasteiger partial charge is 0.336 e. The lowest BCUT2D eigenvalue weighted by Crippen LogP contribution is -2.41. The highest BCUT2D eigenvalue weighted by atomic mass is 16.5. The molecule has 1 aliphatic heterocycles. The van der Waals surface area contributed by atoms with Gasteiger partial charge in [0.15, 0.2) is 5.60 Å². The van der Waals surface area contributed by atoms with Crippen LogP contribution in [0.1, 0.15) is 44.2 Å². The van der Waals surface area contributed by atoms with Gasteiger partial charge in [0, 0.05) is 39.6 Å². The number of urea groups is 1. The maximum atomic E-state index is 12.7. The highest BCUT2D eigenvalue weighted by Gasteiger charge is 2.35. The van der Waals surface area contributed by atoms with E-state index in [2.05, 4.69) is 0 Å². The molecule has 8 heteroatoms. The minimum atomic E-state index is -1.26. The first kappa shape index (κ1) is 27.3. The second-order valence-corrected chi connectivity index (χ2v) is 9.47. The molecular formula is C28H38N2O6. The molecule has 1 heterocycles. The predicted octanol–water partition coefficient (Wildman–Crippen LogP) is 4.60. The summed E-state index contributed by atoms with van der Waals surface area (Å²) in [5, 5.41) is 9.64. The van der Waals surface area contributed by atoms with Crippen molar-refractivity contribution in [2.45, 2.75) is 57.7 Å². The fraction of sp³-hybridized carbons (Fsp3) is 0.500. The second kappa shape index (κ2) is 12.6. The van der Waals surface area contributed by atoms with Crippen LogP contribution in [0.4, 0.5) is 4.79 Å². The van der Waals surface area contributed by atoms with E-state index in [1.807, 2.05) is 67.4 Å². The quantitative estimate of drug-likeness (QED) is 0.383. The van der Waals surface area contributed by atoms with Gasteiger partial charge in [-0.1, -0.05) is 37.6 Å². The first-order valence-electron chi connectivity index (χ1n) is 12.5. The summed E-state index contributed by atoms with van der Waals surface area (Å²) in [4.78, 5) is 28.1.